The van der Waals surface area contributed by atoms with Gasteiger partial charge in [0.15, 0.2) is 0 Å². The lowest BCUT2D eigenvalue weighted by Crippen LogP contribution is -2.53. The van der Waals surface area contributed by atoms with Crippen molar-refractivity contribution < 1.29 is 9.59 Å². The van der Waals surface area contributed by atoms with Crippen molar-refractivity contribution in [1.29, 1.82) is 0 Å². The average Bonchev–Trinajstić information content (AvgIpc) is 3.48. The summed E-state index contributed by atoms with van der Waals surface area (Å²) in [4.78, 5) is 29.6. The summed E-state index contributed by atoms with van der Waals surface area (Å²) in [5, 5.41) is 0. The van der Waals surface area contributed by atoms with Gasteiger partial charge in [-0.3, -0.25) is 14.5 Å². The maximum Gasteiger partial charge on any atom is 0.238 e. The van der Waals surface area contributed by atoms with Crippen LogP contribution in [0.25, 0.3) is 0 Å². The van der Waals surface area contributed by atoms with Crippen LogP contribution in [-0.2, 0) is 9.59 Å². The summed E-state index contributed by atoms with van der Waals surface area (Å²) in [5.74, 6) is 1.53. The number of carbonyl (C=O) groups excluding carboxylic acids is 2. The highest BCUT2D eigenvalue weighted by molar-refractivity contribution is 8.02. The van der Waals surface area contributed by atoms with Gasteiger partial charge in [-0.15, -0.1) is 11.8 Å². The zero-order valence-electron chi connectivity index (χ0n) is 16.7. The normalized spacial score (nSPS) is 25.5. The van der Waals surface area contributed by atoms with Crippen LogP contribution in [0, 0.1) is 12.8 Å². The molecule has 2 heterocycles. The first-order valence-corrected chi connectivity index (χ1v) is 11.4. The number of thioether (sulfide) groups is 1. The lowest BCUT2D eigenvalue weighted by atomic mass is 10.00. The number of carbonyl (C=O) groups is 2. The van der Waals surface area contributed by atoms with E-state index in [2.05, 4.69) is 31.2 Å². The Morgan fingerprint density at radius 3 is 2.55 bits per heavy atom. The number of piperidine rings is 1. The minimum absolute atomic E-state index is 0.136. The summed E-state index contributed by atoms with van der Waals surface area (Å²) in [5.41, 5.74) is 3.43. The monoisotopic (exact) mass is 406 g/mol. The highest BCUT2D eigenvalue weighted by atomic mass is 32.2. The minimum Gasteiger partial charge on any atom is -0.342 e. The van der Waals surface area contributed by atoms with Crippen molar-refractivity contribution in [2.75, 3.05) is 23.7 Å². The number of likely N-dealkylation sites (tertiary alicyclic amines) is 1. The molecule has 2 saturated heterocycles. The average molecular weight is 407 g/mol. The van der Waals surface area contributed by atoms with Gasteiger partial charge >= 0.3 is 0 Å². The number of anilines is 1. The molecule has 2 aliphatic heterocycles. The Morgan fingerprint density at radius 1 is 1.07 bits per heavy atom. The molecule has 0 N–H and O–H groups in total. The van der Waals surface area contributed by atoms with E-state index in [-0.39, 0.29) is 16.7 Å². The van der Waals surface area contributed by atoms with Crippen molar-refractivity contribution in [3.05, 3.63) is 65.7 Å². The maximum atomic E-state index is 13.0. The van der Waals surface area contributed by atoms with Gasteiger partial charge in [-0.1, -0.05) is 42.5 Å². The van der Waals surface area contributed by atoms with Crippen molar-refractivity contribution in [2.24, 2.45) is 5.92 Å². The van der Waals surface area contributed by atoms with Crippen LogP contribution in [0.3, 0.4) is 0 Å². The molecule has 0 radical (unpaired) electrons. The molecule has 0 aromatic heterocycles. The number of nitrogens with zero attached hydrogens (tertiary/aromatic N) is 2. The van der Waals surface area contributed by atoms with Crippen LogP contribution in [0.5, 0.6) is 0 Å². The molecule has 1 unspecified atom stereocenters. The second-order valence-corrected chi connectivity index (χ2v) is 9.82. The summed E-state index contributed by atoms with van der Waals surface area (Å²) in [6.07, 6.45) is 2.64. The zero-order chi connectivity index (χ0) is 20.0. The summed E-state index contributed by atoms with van der Waals surface area (Å²) < 4.78 is 0. The van der Waals surface area contributed by atoms with Crippen LogP contribution in [0.2, 0.25) is 0 Å². The molecule has 1 aliphatic carbocycles. The highest BCUT2D eigenvalue weighted by Gasteiger charge is 2.51. The lowest BCUT2D eigenvalue weighted by Gasteiger charge is -2.44. The molecule has 2 atom stereocenters. The van der Waals surface area contributed by atoms with E-state index in [1.165, 1.54) is 5.56 Å². The number of benzene rings is 2. The molecule has 0 bridgehead atoms. The molecule has 5 rings (SSSR count). The number of hydrogen-bond donors (Lipinski definition) is 0. The number of rotatable bonds is 3. The van der Waals surface area contributed by atoms with Gasteiger partial charge in [-0.05, 0) is 55.4 Å². The van der Waals surface area contributed by atoms with E-state index < -0.39 is 0 Å². The first-order valence-electron chi connectivity index (χ1n) is 10.4. The van der Waals surface area contributed by atoms with Gasteiger partial charge in [0, 0.05) is 24.7 Å². The Labute approximate surface area is 176 Å². The fraction of sp³-hybridized carbons (Fsp3) is 0.417. The third kappa shape index (κ3) is 3.35. The van der Waals surface area contributed by atoms with Crippen molar-refractivity contribution in [1.82, 2.24) is 4.90 Å². The highest BCUT2D eigenvalue weighted by Crippen LogP contribution is 2.50. The summed E-state index contributed by atoms with van der Waals surface area (Å²) in [7, 11) is 0. The third-order valence-corrected chi connectivity index (χ3v) is 8.09. The first kappa shape index (κ1) is 18.7. The minimum atomic E-state index is -0.204. The van der Waals surface area contributed by atoms with E-state index in [0.717, 1.165) is 43.6 Å². The Kier molecular flexibility index (Phi) is 4.66. The molecular weight excluding hydrogens is 380 g/mol. The van der Waals surface area contributed by atoms with E-state index in [1.807, 2.05) is 40.1 Å². The van der Waals surface area contributed by atoms with Crippen LogP contribution >= 0.6 is 11.8 Å². The van der Waals surface area contributed by atoms with Crippen molar-refractivity contribution in [2.45, 2.75) is 37.0 Å². The Bertz CT molecular complexity index is 937. The largest absolute Gasteiger partial charge is 0.342 e. The lowest BCUT2D eigenvalue weighted by molar-refractivity contribution is -0.133. The predicted octanol–water partition coefficient (Wildman–Crippen LogP) is 4.20. The van der Waals surface area contributed by atoms with E-state index in [9.17, 15) is 9.59 Å². The molecular formula is C24H26N2O2S. The van der Waals surface area contributed by atoms with Gasteiger partial charge < -0.3 is 4.90 Å². The smallest absolute Gasteiger partial charge is 0.238 e. The molecule has 1 saturated carbocycles. The fourth-order valence-electron chi connectivity index (χ4n) is 4.91. The molecule has 3 aliphatic rings. The van der Waals surface area contributed by atoms with Gasteiger partial charge in [0.1, 0.15) is 0 Å². The molecule has 5 heteroatoms. The predicted molar refractivity (Wildman–Crippen MR) is 117 cm³/mol. The summed E-state index contributed by atoms with van der Waals surface area (Å²) >= 11 is 1.76. The Balaban J connectivity index is 1.27. The molecule has 2 aromatic rings. The van der Waals surface area contributed by atoms with Gasteiger partial charge in [-0.2, -0.15) is 0 Å². The number of amides is 2. The third-order valence-electron chi connectivity index (χ3n) is 6.57. The van der Waals surface area contributed by atoms with Crippen LogP contribution in [0.1, 0.15) is 36.3 Å². The van der Waals surface area contributed by atoms with Crippen LogP contribution in [0.4, 0.5) is 5.69 Å². The standard InChI is InChI=1S/C24H26N2O2S/c1-17-6-5-9-19(14-17)26-22(27)16-29-24(26)10-12-25(13-11-24)23(28)21-15-20(21)18-7-3-2-4-8-18/h2-9,14,20-21H,10-13,15-16H2,1H3/t20-,21?/m0/s1. The quantitative estimate of drug-likeness (QED) is 0.767. The van der Waals surface area contributed by atoms with Crippen LogP contribution in [0.15, 0.2) is 54.6 Å². The van der Waals surface area contributed by atoms with Crippen LogP contribution in [-0.4, -0.2) is 40.4 Å². The zero-order valence-corrected chi connectivity index (χ0v) is 17.5. The van der Waals surface area contributed by atoms with E-state index in [4.69, 9.17) is 0 Å². The van der Waals surface area contributed by atoms with Gasteiger partial charge in [0.25, 0.3) is 0 Å². The van der Waals surface area contributed by atoms with Crippen molar-refractivity contribution in [3.63, 3.8) is 0 Å². The molecule has 2 amide bonds. The second-order valence-electron chi connectivity index (χ2n) is 8.49. The topological polar surface area (TPSA) is 40.6 Å². The maximum absolute atomic E-state index is 13.0. The molecule has 29 heavy (non-hydrogen) atoms. The molecule has 150 valence electrons. The van der Waals surface area contributed by atoms with E-state index in [1.54, 1.807) is 11.8 Å². The summed E-state index contributed by atoms with van der Waals surface area (Å²) in [6, 6.07) is 18.6. The molecule has 1 spiro atoms. The van der Waals surface area contributed by atoms with E-state index in [0.29, 0.717) is 17.6 Å². The molecule has 4 nitrogen and oxygen atoms in total. The van der Waals surface area contributed by atoms with E-state index >= 15 is 0 Å². The molecule has 3 fully saturated rings. The van der Waals surface area contributed by atoms with Gasteiger partial charge in [0.2, 0.25) is 11.8 Å². The summed E-state index contributed by atoms with van der Waals surface area (Å²) in [6.45, 7) is 3.53. The Hall–Kier alpha value is -2.27. The fourth-order valence-corrected chi connectivity index (χ4v) is 6.24. The van der Waals surface area contributed by atoms with Gasteiger partial charge in [-0.25, -0.2) is 0 Å². The second kappa shape index (κ2) is 7.21. The number of aryl methyl sites for hydroxylation is 1. The van der Waals surface area contributed by atoms with Crippen molar-refractivity contribution in [3.8, 4) is 0 Å². The SMILES string of the molecule is Cc1cccc(N2C(=O)CSC23CCN(C(=O)C2C[C@H]2c2ccccc2)CC3)c1. The Morgan fingerprint density at radius 2 is 1.83 bits per heavy atom. The van der Waals surface area contributed by atoms with Crippen molar-refractivity contribution >= 4 is 29.3 Å². The molecule has 2 aromatic carbocycles. The van der Waals surface area contributed by atoms with Gasteiger partial charge in [0.05, 0.1) is 10.6 Å². The first-order chi connectivity index (χ1) is 14.1. The van der Waals surface area contributed by atoms with Crippen LogP contribution < -0.4 is 4.90 Å². The number of hydrogen-bond acceptors (Lipinski definition) is 3.